The van der Waals surface area contributed by atoms with E-state index in [1.807, 2.05) is 18.4 Å². The van der Waals surface area contributed by atoms with Gasteiger partial charge in [0.05, 0.1) is 28.3 Å². The minimum absolute atomic E-state index is 0.118. The van der Waals surface area contributed by atoms with Crippen LogP contribution in [0.1, 0.15) is 28.2 Å². The van der Waals surface area contributed by atoms with Crippen LogP contribution in [-0.4, -0.2) is 17.6 Å². The molecule has 0 unspecified atom stereocenters. The predicted molar refractivity (Wildman–Crippen MR) is 115 cm³/mol. The number of aryl methyl sites for hydroxylation is 1. The Kier molecular flexibility index (Phi) is 5.63. The number of hydrogen-bond acceptors (Lipinski definition) is 7. The SMILES string of the molecule is CCOC(=O)c1oc2cc(OCc3csc(C)n3)ccc2c(=O)c1-c1ccccc1. The summed E-state index contributed by atoms with van der Waals surface area (Å²) >= 11 is 1.55. The van der Waals surface area contributed by atoms with E-state index in [0.717, 1.165) is 10.7 Å². The molecule has 0 N–H and O–H groups in total. The number of fused-ring (bicyclic) bond motifs is 1. The fraction of sp³-hybridized carbons (Fsp3) is 0.174. The van der Waals surface area contributed by atoms with Gasteiger partial charge in [0.15, 0.2) is 0 Å². The van der Waals surface area contributed by atoms with Gasteiger partial charge < -0.3 is 13.9 Å². The van der Waals surface area contributed by atoms with Crippen molar-refractivity contribution in [2.45, 2.75) is 20.5 Å². The van der Waals surface area contributed by atoms with Crippen LogP contribution in [0.15, 0.2) is 63.1 Å². The maximum absolute atomic E-state index is 13.2. The largest absolute Gasteiger partial charge is 0.487 e. The summed E-state index contributed by atoms with van der Waals surface area (Å²) in [6, 6.07) is 13.9. The molecule has 30 heavy (non-hydrogen) atoms. The van der Waals surface area contributed by atoms with E-state index in [1.54, 1.807) is 60.7 Å². The molecule has 0 aliphatic rings. The average Bonchev–Trinajstić information content (AvgIpc) is 3.18. The number of carbonyl (C=O) groups is 1. The minimum atomic E-state index is -0.681. The van der Waals surface area contributed by atoms with Crippen LogP contribution in [0.3, 0.4) is 0 Å². The first-order chi connectivity index (χ1) is 14.6. The van der Waals surface area contributed by atoms with E-state index in [9.17, 15) is 9.59 Å². The maximum atomic E-state index is 13.2. The highest BCUT2D eigenvalue weighted by Gasteiger charge is 2.23. The Bertz CT molecular complexity index is 1260. The summed E-state index contributed by atoms with van der Waals surface area (Å²) in [5.74, 6) is -0.286. The molecule has 2 heterocycles. The lowest BCUT2D eigenvalue weighted by molar-refractivity contribution is 0.0492. The van der Waals surface area contributed by atoms with Gasteiger partial charge in [0.1, 0.15) is 17.9 Å². The van der Waals surface area contributed by atoms with Gasteiger partial charge in [-0.05, 0) is 31.5 Å². The molecule has 4 aromatic rings. The van der Waals surface area contributed by atoms with Gasteiger partial charge in [0, 0.05) is 11.4 Å². The molecule has 0 bridgehead atoms. The Balaban J connectivity index is 1.78. The molecular weight excluding hydrogens is 402 g/mol. The normalized spacial score (nSPS) is 10.9. The second kappa shape index (κ2) is 8.51. The quantitative estimate of drug-likeness (QED) is 0.409. The molecule has 2 aromatic carbocycles. The standard InChI is InChI=1S/C23H19NO5S/c1-3-27-23(26)22-20(15-7-5-4-6-8-15)21(25)18-10-9-17(11-19(18)29-22)28-12-16-13-30-14(2)24-16/h4-11,13H,3,12H2,1-2H3. The Morgan fingerprint density at radius 1 is 1.17 bits per heavy atom. The maximum Gasteiger partial charge on any atom is 0.375 e. The van der Waals surface area contributed by atoms with Crippen molar-refractivity contribution in [2.24, 2.45) is 0 Å². The topological polar surface area (TPSA) is 78.6 Å². The van der Waals surface area contributed by atoms with E-state index in [4.69, 9.17) is 13.9 Å². The van der Waals surface area contributed by atoms with Crippen molar-refractivity contribution < 1.29 is 18.7 Å². The molecule has 6 nitrogen and oxygen atoms in total. The van der Waals surface area contributed by atoms with Gasteiger partial charge in [0.25, 0.3) is 0 Å². The Hall–Kier alpha value is -3.45. The first-order valence-corrected chi connectivity index (χ1v) is 10.3. The summed E-state index contributed by atoms with van der Waals surface area (Å²) in [6.45, 7) is 4.10. The molecule has 0 fully saturated rings. The van der Waals surface area contributed by atoms with Gasteiger partial charge >= 0.3 is 5.97 Å². The predicted octanol–water partition coefficient (Wildman–Crippen LogP) is 4.98. The van der Waals surface area contributed by atoms with Crippen molar-refractivity contribution in [1.82, 2.24) is 4.98 Å². The first kappa shape index (κ1) is 19.8. The molecule has 152 valence electrons. The number of hydrogen-bond donors (Lipinski definition) is 0. The number of nitrogens with zero attached hydrogens (tertiary/aromatic N) is 1. The van der Waals surface area contributed by atoms with Gasteiger partial charge in [-0.2, -0.15) is 0 Å². The smallest absolute Gasteiger partial charge is 0.375 e. The summed E-state index contributed by atoms with van der Waals surface area (Å²) in [4.78, 5) is 30.1. The summed E-state index contributed by atoms with van der Waals surface area (Å²) in [7, 11) is 0. The molecule has 0 radical (unpaired) electrons. The fourth-order valence-electron chi connectivity index (χ4n) is 3.10. The van der Waals surface area contributed by atoms with E-state index in [1.165, 1.54) is 0 Å². The van der Waals surface area contributed by atoms with Crippen LogP contribution in [0.5, 0.6) is 5.75 Å². The van der Waals surface area contributed by atoms with E-state index in [0.29, 0.717) is 23.3 Å². The number of ether oxygens (including phenoxy) is 2. The van der Waals surface area contributed by atoms with Gasteiger partial charge in [-0.15, -0.1) is 11.3 Å². The van der Waals surface area contributed by atoms with Crippen molar-refractivity contribution in [3.8, 4) is 16.9 Å². The zero-order chi connectivity index (χ0) is 21.1. The number of thiazole rings is 1. The minimum Gasteiger partial charge on any atom is -0.487 e. The van der Waals surface area contributed by atoms with E-state index in [2.05, 4.69) is 4.98 Å². The molecule has 0 amide bonds. The molecule has 7 heteroatoms. The van der Waals surface area contributed by atoms with Gasteiger partial charge in [-0.3, -0.25) is 4.79 Å². The van der Waals surface area contributed by atoms with Crippen molar-refractivity contribution in [3.05, 3.63) is 80.6 Å². The summed E-state index contributed by atoms with van der Waals surface area (Å²) in [5.41, 5.74) is 1.57. The Labute approximate surface area is 176 Å². The zero-order valence-electron chi connectivity index (χ0n) is 16.5. The zero-order valence-corrected chi connectivity index (χ0v) is 17.3. The molecule has 0 atom stereocenters. The molecule has 0 spiro atoms. The van der Waals surface area contributed by atoms with Crippen LogP contribution in [0.4, 0.5) is 0 Å². The van der Waals surface area contributed by atoms with Crippen LogP contribution in [0, 0.1) is 6.92 Å². The number of benzene rings is 2. The van der Waals surface area contributed by atoms with Gasteiger partial charge in [-0.1, -0.05) is 30.3 Å². The third-order valence-corrected chi connectivity index (χ3v) is 5.26. The lowest BCUT2D eigenvalue weighted by Gasteiger charge is -2.11. The van der Waals surface area contributed by atoms with Crippen molar-refractivity contribution in [3.63, 3.8) is 0 Å². The van der Waals surface area contributed by atoms with Crippen LogP contribution in [0.2, 0.25) is 0 Å². The second-order valence-corrected chi connectivity index (χ2v) is 7.59. The highest BCUT2D eigenvalue weighted by Crippen LogP contribution is 2.28. The molecule has 0 aliphatic heterocycles. The summed E-state index contributed by atoms with van der Waals surface area (Å²) in [6.07, 6.45) is 0. The van der Waals surface area contributed by atoms with Crippen molar-refractivity contribution >= 4 is 28.3 Å². The van der Waals surface area contributed by atoms with E-state index in [-0.39, 0.29) is 28.9 Å². The molecule has 2 aromatic heterocycles. The average molecular weight is 421 g/mol. The summed E-state index contributed by atoms with van der Waals surface area (Å²) < 4.78 is 16.8. The monoisotopic (exact) mass is 421 g/mol. The number of aromatic nitrogens is 1. The van der Waals surface area contributed by atoms with Gasteiger partial charge in [-0.25, -0.2) is 9.78 Å². The van der Waals surface area contributed by atoms with Crippen LogP contribution >= 0.6 is 11.3 Å². The molecule has 4 rings (SSSR count). The van der Waals surface area contributed by atoms with Crippen LogP contribution < -0.4 is 10.2 Å². The molecular formula is C23H19NO5S. The Morgan fingerprint density at radius 2 is 1.97 bits per heavy atom. The lowest BCUT2D eigenvalue weighted by atomic mass is 10.0. The van der Waals surface area contributed by atoms with Crippen LogP contribution in [-0.2, 0) is 11.3 Å². The third-order valence-electron chi connectivity index (χ3n) is 4.44. The van der Waals surface area contributed by atoms with Gasteiger partial charge in [0.2, 0.25) is 11.2 Å². The molecule has 0 aliphatic carbocycles. The highest BCUT2D eigenvalue weighted by molar-refractivity contribution is 7.09. The Morgan fingerprint density at radius 3 is 2.67 bits per heavy atom. The van der Waals surface area contributed by atoms with Crippen molar-refractivity contribution in [2.75, 3.05) is 6.61 Å². The highest BCUT2D eigenvalue weighted by atomic mass is 32.1. The van der Waals surface area contributed by atoms with Crippen molar-refractivity contribution in [1.29, 1.82) is 0 Å². The molecule has 0 saturated carbocycles. The fourth-order valence-corrected chi connectivity index (χ4v) is 3.70. The lowest BCUT2D eigenvalue weighted by Crippen LogP contribution is -2.15. The number of carbonyl (C=O) groups excluding carboxylic acids is 1. The van der Waals surface area contributed by atoms with E-state index < -0.39 is 5.97 Å². The van der Waals surface area contributed by atoms with Crippen LogP contribution in [0.25, 0.3) is 22.1 Å². The van der Waals surface area contributed by atoms with E-state index >= 15 is 0 Å². The third kappa shape index (κ3) is 3.97. The number of esters is 1. The summed E-state index contributed by atoms with van der Waals surface area (Å²) in [5, 5.41) is 3.26. The molecule has 0 saturated heterocycles. The first-order valence-electron chi connectivity index (χ1n) is 9.44. The second-order valence-electron chi connectivity index (χ2n) is 6.53. The number of rotatable bonds is 6.